The molecule has 0 radical (unpaired) electrons. The van der Waals surface area contributed by atoms with Gasteiger partial charge in [-0.2, -0.15) is 0 Å². The molecule has 0 saturated carbocycles. The molecule has 2 bridgehead atoms. The molecule has 1 unspecified atom stereocenters. The molecular weight excluding hydrogens is 544 g/mol. The van der Waals surface area contributed by atoms with Crippen molar-refractivity contribution in [2.45, 2.75) is 42.4 Å². The average molecular weight is 581 g/mol. The van der Waals surface area contributed by atoms with E-state index in [1.54, 1.807) is 4.57 Å². The summed E-state index contributed by atoms with van der Waals surface area (Å²) in [4.78, 5) is 30.6. The first-order valence-corrected chi connectivity index (χ1v) is 15.3. The lowest BCUT2D eigenvalue weighted by Crippen LogP contribution is -2.47. The van der Waals surface area contributed by atoms with Crippen LogP contribution in [0.4, 0.5) is 4.79 Å². The zero-order chi connectivity index (χ0) is 29.4. The number of aromatic nitrogens is 1. The molecule has 6 nitrogen and oxygen atoms in total. The summed E-state index contributed by atoms with van der Waals surface area (Å²) < 4.78 is 12.4. The number of methoxy groups -OCH3 is 2. The van der Waals surface area contributed by atoms with E-state index in [-0.39, 0.29) is 23.2 Å². The van der Waals surface area contributed by atoms with Crippen molar-refractivity contribution < 1.29 is 19.1 Å². The van der Waals surface area contributed by atoms with Crippen LogP contribution in [0.3, 0.4) is 0 Å². The minimum absolute atomic E-state index is 0.00676. The Morgan fingerprint density at radius 2 is 1.69 bits per heavy atom. The highest BCUT2D eigenvalue weighted by molar-refractivity contribution is 7.99. The highest BCUT2D eigenvalue weighted by Crippen LogP contribution is 2.54. The third-order valence-electron chi connectivity index (χ3n) is 8.82. The molecule has 216 valence electrons. The summed E-state index contributed by atoms with van der Waals surface area (Å²) in [6.07, 6.45) is 2.44. The number of carbonyl (C=O) groups is 2. The maximum Gasteiger partial charge on any atom is 0.418 e. The van der Waals surface area contributed by atoms with Gasteiger partial charge in [0.1, 0.15) is 0 Å². The van der Waals surface area contributed by atoms with E-state index >= 15 is 0 Å². The van der Waals surface area contributed by atoms with Gasteiger partial charge in [-0.15, -0.1) is 11.8 Å². The first-order valence-electron chi connectivity index (χ1n) is 14.4. The Kier molecular flexibility index (Phi) is 7.97. The quantitative estimate of drug-likeness (QED) is 0.132. The van der Waals surface area contributed by atoms with Gasteiger partial charge < -0.3 is 9.47 Å². The van der Waals surface area contributed by atoms with Crippen molar-refractivity contribution in [2.75, 3.05) is 27.3 Å². The number of piperidine rings is 1. The Morgan fingerprint density at radius 1 is 0.976 bits per heavy atom. The van der Waals surface area contributed by atoms with Gasteiger partial charge in [-0.3, -0.25) is 9.69 Å². The van der Waals surface area contributed by atoms with Crippen molar-refractivity contribution in [2.24, 2.45) is 5.92 Å². The van der Waals surface area contributed by atoms with Crippen LogP contribution in [0, 0.1) is 12.8 Å². The summed E-state index contributed by atoms with van der Waals surface area (Å²) in [6.45, 7) is 5.65. The molecule has 1 saturated heterocycles. The first kappa shape index (κ1) is 28.3. The maximum absolute atomic E-state index is 13.5. The van der Waals surface area contributed by atoms with E-state index in [0.717, 1.165) is 35.1 Å². The number of likely N-dealkylation sites (tertiary alicyclic amines) is 1. The number of carbonyl (C=O) groups excluding carboxylic acids is 2. The second kappa shape index (κ2) is 11.8. The molecular formula is C35H36N2O4S. The third kappa shape index (κ3) is 4.95. The fourth-order valence-corrected chi connectivity index (χ4v) is 8.04. The number of benzene rings is 3. The largest absolute Gasteiger partial charge is 0.469 e. The Labute approximate surface area is 251 Å². The molecule has 1 aliphatic carbocycles. The Bertz CT molecular complexity index is 1640. The number of hydrogen-bond acceptors (Lipinski definition) is 6. The van der Waals surface area contributed by atoms with E-state index in [4.69, 9.17) is 9.47 Å². The molecule has 7 heteroatoms. The van der Waals surface area contributed by atoms with Gasteiger partial charge in [0.25, 0.3) is 0 Å². The number of aryl methyl sites for hydroxylation is 1. The van der Waals surface area contributed by atoms with Crippen molar-refractivity contribution in [1.82, 2.24) is 9.47 Å². The second-order valence-electron chi connectivity index (χ2n) is 11.1. The molecule has 0 amide bonds. The predicted octanol–water partition coefficient (Wildman–Crippen LogP) is 7.68. The average Bonchev–Trinajstić information content (AvgIpc) is 3.37. The summed E-state index contributed by atoms with van der Waals surface area (Å²) in [6, 6.07) is 27.1. The number of hydrogen-bond donors (Lipinski definition) is 0. The molecule has 1 aromatic heterocycles. The summed E-state index contributed by atoms with van der Waals surface area (Å²) in [7, 11) is 2.86. The van der Waals surface area contributed by atoms with Crippen LogP contribution in [0.1, 0.15) is 52.9 Å². The number of allylic oxidation sites excluding steroid dienone is 1. The molecule has 0 N–H and O–H groups in total. The highest BCUT2D eigenvalue weighted by Gasteiger charge is 2.50. The molecule has 3 aromatic carbocycles. The van der Waals surface area contributed by atoms with Crippen LogP contribution in [-0.4, -0.2) is 48.8 Å². The Hall–Kier alpha value is -3.81. The minimum Gasteiger partial charge on any atom is -0.469 e. The molecule has 2 aliphatic rings. The summed E-state index contributed by atoms with van der Waals surface area (Å²) in [5.41, 5.74) is 6.21. The molecule has 42 heavy (non-hydrogen) atoms. The van der Waals surface area contributed by atoms with E-state index in [0.29, 0.717) is 6.54 Å². The lowest BCUT2D eigenvalue weighted by atomic mass is 9.68. The van der Waals surface area contributed by atoms with Crippen molar-refractivity contribution in [1.29, 1.82) is 0 Å². The van der Waals surface area contributed by atoms with Crippen molar-refractivity contribution in [3.05, 3.63) is 113 Å². The molecule has 6 rings (SSSR count). The Balaban J connectivity index is 1.51. The van der Waals surface area contributed by atoms with Gasteiger partial charge >= 0.3 is 12.1 Å². The number of esters is 1. The van der Waals surface area contributed by atoms with Gasteiger partial charge in [-0.25, -0.2) is 9.36 Å². The molecule has 4 atom stereocenters. The van der Waals surface area contributed by atoms with E-state index in [1.807, 2.05) is 42.1 Å². The van der Waals surface area contributed by atoms with Gasteiger partial charge in [0, 0.05) is 34.5 Å². The zero-order valence-corrected chi connectivity index (χ0v) is 25.3. The summed E-state index contributed by atoms with van der Waals surface area (Å²) in [5.74, 6) is -0.762. The van der Waals surface area contributed by atoms with Crippen LogP contribution in [-0.2, 0) is 14.3 Å². The lowest BCUT2D eigenvalue weighted by molar-refractivity contribution is -0.144. The van der Waals surface area contributed by atoms with Gasteiger partial charge in [-0.05, 0) is 49.6 Å². The standard InChI is InChI=1S/C35H36N2O4S/c1-5-23-20-36(21-30(24-17-15-22(2)16-18-24)42-25-11-7-6-8-12-25)29-19-27(23)32(34(38)40-3)31-26-13-9-10-14-28(26)37(33(29)31)35(39)41-4/h5-18,27,29-30,32H,19-21H2,1-4H3/b23-5-/t27-,29-,30?,32-/m0/s1. The maximum atomic E-state index is 13.5. The SMILES string of the molecule is C/C=C1/CN(CC(Sc2ccccc2)c2ccc(C)cc2)[C@H]2C[C@@H]1[C@H](C(=O)OC)c1c2n(C(=O)OC)c2ccccc12. The van der Waals surface area contributed by atoms with Crippen LogP contribution in [0.15, 0.2) is 95.4 Å². The second-order valence-corrected chi connectivity index (χ2v) is 12.4. The number of fused-ring (bicyclic) bond motifs is 6. The molecule has 1 aliphatic heterocycles. The number of thioether (sulfide) groups is 1. The zero-order valence-electron chi connectivity index (χ0n) is 24.4. The van der Waals surface area contributed by atoms with Crippen molar-refractivity contribution in [3.8, 4) is 0 Å². The normalized spacial score (nSPS) is 21.6. The van der Waals surface area contributed by atoms with Gasteiger partial charge in [-0.1, -0.05) is 77.9 Å². The van der Waals surface area contributed by atoms with E-state index in [1.165, 1.54) is 35.8 Å². The number of rotatable bonds is 6. The molecule has 1 fully saturated rings. The monoisotopic (exact) mass is 580 g/mol. The van der Waals surface area contributed by atoms with Gasteiger partial charge in [0.05, 0.1) is 37.4 Å². The molecule has 2 heterocycles. The lowest BCUT2D eigenvalue weighted by Gasteiger charge is -2.48. The topological polar surface area (TPSA) is 60.8 Å². The van der Waals surface area contributed by atoms with Crippen LogP contribution in [0.5, 0.6) is 0 Å². The smallest absolute Gasteiger partial charge is 0.418 e. The fourth-order valence-electron chi connectivity index (χ4n) is 6.84. The molecule has 4 aromatic rings. The minimum atomic E-state index is -0.489. The first-order chi connectivity index (χ1) is 20.4. The number of para-hydroxylation sites is 1. The van der Waals surface area contributed by atoms with Gasteiger partial charge in [0.2, 0.25) is 0 Å². The van der Waals surface area contributed by atoms with Crippen molar-refractivity contribution in [3.63, 3.8) is 0 Å². The summed E-state index contributed by atoms with van der Waals surface area (Å²) >= 11 is 1.86. The van der Waals surface area contributed by atoms with Crippen LogP contribution in [0.25, 0.3) is 10.9 Å². The predicted molar refractivity (Wildman–Crippen MR) is 167 cm³/mol. The van der Waals surface area contributed by atoms with Crippen LogP contribution in [0.2, 0.25) is 0 Å². The number of nitrogens with zero attached hydrogens (tertiary/aromatic N) is 2. The number of ether oxygens (including phenoxy) is 2. The third-order valence-corrected chi connectivity index (χ3v) is 10.1. The Morgan fingerprint density at radius 3 is 2.38 bits per heavy atom. The van der Waals surface area contributed by atoms with Crippen molar-refractivity contribution >= 4 is 34.7 Å². The van der Waals surface area contributed by atoms with E-state index in [2.05, 4.69) is 73.4 Å². The fraction of sp³-hybridized carbons (Fsp3) is 0.314. The molecule has 0 spiro atoms. The van der Waals surface area contributed by atoms with E-state index < -0.39 is 12.0 Å². The van der Waals surface area contributed by atoms with E-state index in [9.17, 15) is 9.59 Å². The van der Waals surface area contributed by atoms with Crippen LogP contribution < -0.4 is 0 Å². The van der Waals surface area contributed by atoms with Gasteiger partial charge in [0.15, 0.2) is 0 Å². The highest BCUT2D eigenvalue weighted by atomic mass is 32.2. The summed E-state index contributed by atoms with van der Waals surface area (Å²) in [5, 5.41) is 1.05. The van der Waals surface area contributed by atoms with Crippen LogP contribution >= 0.6 is 11.8 Å².